The summed E-state index contributed by atoms with van der Waals surface area (Å²) in [4.78, 5) is 57.4. The highest BCUT2D eigenvalue weighted by Gasteiger charge is 2.38. The van der Waals surface area contributed by atoms with E-state index in [0.717, 1.165) is 33.6 Å². The van der Waals surface area contributed by atoms with E-state index in [2.05, 4.69) is 25.4 Å². The fourth-order valence-electron chi connectivity index (χ4n) is 7.39. The van der Waals surface area contributed by atoms with Gasteiger partial charge in [0.05, 0.1) is 18.1 Å². The summed E-state index contributed by atoms with van der Waals surface area (Å²) in [6.45, 7) is 2.13. The number of ether oxygens (including phenoxy) is 2. The fourth-order valence-corrected chi connectivity index (χ4v) is 7.39. The second-order valence-corrected chi connectivity index (χ2v) is 13.5. The van der Waals surface area contributed by atoms with Gasteiger partial charge in [0.25, 0.3) is 11.8 Å². The molecule has 3 unspecified atom stereocenters. The number of cyclic esters (lactones) is 2. The number of nitrogens with one attached hydrogen (secondary N) is 2. The number of phenolic OH excluding ortho intramolecular Hbond substituents is 2. The lowest BCUT2D eigenvalue weighted by Crippen LogP contribution is -2.55. The molecule has 4 amide bonds. The van der Waals surface area contributed by atoms with E-state index in [1.807, 2.05) is 71.3 Å². The Morgan fingerprint density at radius 3 is 2.15 bits per heavy atom. The third kappa shape index (κ3) is 7.13. The molecule has 14 heteroatoms. The van der Waals surface area contributed by atoms with Crippen molar-refractivity contribution in [2.24, 2.45) is 0 Å². The van der Waals surface area contributed by atoms with E-state index < -0.39 is 36.2 Å². The third-order valence-corrected chi connectivity index (χ3v) is 9.93. The first-order chi connectivity index (χ1) is 26.2. The second-order valence-electron chi connectivity index (χ2n) is 13.5. The zero-order valence-electron chi connectivity index (χ0n) is 28.9. The molecule has 1 aromatic heterocycles. The number of nitrogens with zero attached hydrogens (tertiary/aromatic N) is 4. The average Bonchev–Trinajstić information content (AvgIpc) is 3.82. The van der Waals surface area contributed by atoms with E-state index in [1.54, 1.807) is 36.7 Å². The van der Waals surface area contributed by atoms with Crippen molar-refractivity contribution in [2.45, 2.75) is 37.6 Å². The van der Waals surface area contributed by atoms with Gasteiger partial charge in [-0.15, -0.1) is 0 Å². The number of phenols is 2. The first kappa shape index (κ1) is 34.3. The molecule has 5 aromatic rings. The molecule has 3 aliphatic heterocycles. The zero-order valence-corrected chi connectivity index (χ0v) is 28.9. The van der Waals surface area contributed by atoms with Crippen LogP contribution in [0.2, 0.25) is 0 Å². The Labute approximate surface area is 309 Å². The SMILES string of the molecule is O=C1NC(=O)C(Cc2c(-c3ccccc3)ncn2Cc2cc(O)cc(-c3ccc(N4CCN(c5cccc(O)c5)C(CC5OC(=O)NC5=O)C4)cc3)c2)O1. The molecule has 0 radical (unpaired) electrons. The Morgan fingerprint density at radius 1 is 0.704 bits per heavy atom. The summed E-state index contributed by atoms with van der Waals surface area (Å²) >= 11 is 0. The van der Waals surface area contributed by atoms with Gasteiger partial charge in [-0.05, 0) is 59.2 Å². The molecule has 0 aliphatic carbocycles. The second kappa shape index (κ2) is 14.3. The summed E-state index contributed by atoms with van der Waals surface area (Å²) < 4.78 is 12.4. The van der Waals surface area contributed by atoms with Crippen LogP contribution in [0.3, 0.4) is 0 Å². The van der Waals surface area contributed by atoms with Crippen molar-refractivity contribution in [3.8, 4) is 33.9 Å². The Morgan fingerprint density at radius 2 is 1.44 bits per heavy atom. The van der Waals surface area contributed by atoms with Crippen molar-refractivity contribution in [3.05, 3.63) is 115 Å². The van der Waals surface area contributed by atoms with E-state index in [0.29, 0.717) is 37.6 Å². The summed E-state index contributed by atoms with van der Waals surface area (Å²) in [6, 6.07) is 29.7. The molecule has 4 N–H and O–H groups in total. The van der Waals surface area contributed by atoms with Crippen LogP contribution in [0.4, 0.5) is 21.0 Å². The number of carbonyl (C=O) groups excluding carboxylic acids is 4. The summed E-state index contributed by atoms with van der Waals surface area (Å²) in [5.41, 5.74) is 6.47. The summed E-state index contributed by atoms with van der Waals surface area (Å²) in [7, 11) is 0. The number of rotatable bonds is 10. The number of imide groups is 2. The first-order valence-electron chi connectivity index (χ1n) is 17.5. The molecular weight excluding hydrogens is 692 g/mol. The molecular formula is C40H36N6O8. The summed E-state index contributed by atoms with van der Waals surface area (Å²) in [5, 5.41) is 25.4. The minimum atomic E-state index is -0.988. The van der Waals surface area contributed by atoms with Gasteiger partial charge in [-0.3, -0.25) is 20.2 Å². The normalized spacial score (nSPS) is 19.7. The van der Waals surface area contributed by atoms with Crippen LogP contribution in [0.5, 0.6) is 11.5 Å². The molecule has 3 aliphatic rings. The van der Waals surface area contributed by atoms with Crippen molar-refractivity contribution < 1.29 is 38.9 Å². The highest BCUT2D eigenvalue weighted by atomic mass is 16.6. The maximum absolute atomic E-state index is 12.4. The molecule has 4 heterocycles. The van der Waals surface area contributed by atoms with E-state index in [4.69, 9.17) is 9.47 Å². The van der Waals surface area contributed by atoms with Gasteiger partial charge in [-0.2, -0.15) is 0 Å². The quantitative estimate of drug-likeness (QED) is 0.159. The molecule has 3 saturated heterocycles. The topological polar surface area (TPSA) is 176 Å². The summed E-state index contributed by atoms with van der Waals surface area (Å²) in [5.74, 6) is -0.744. The standard InChI is InChI=1S/C40H36N6O8/c47-31-8-4-7-29(18-31)46-14-13-44(22-30(46)19-34-37(49)42-39(51)53-34)28-11-9-25(10-12-28)27-15-24(16-32(48)17-27)21-45-23-41-36(26-5-2-1-3-6-26)33(45)20-35-38(50)43-40(52)54-35/h1-12,15-18,23,30,34-35,47-48H,13-14,19-22H2,(H,42,49,51)(H,43,50,52). The number of aromatic nitrogens is 2. The number of aromatic hydroxyl groups is 2. The predicted molar refractivity (Wildman–Crippen MR) is 197 cm³/mol. The van der Waals surface area contributed by atoms with Gasteiger partial charge in [0, 0.05) is 67.7 Å². The summed E-state index contributed by atoms with van der Waals surface area (Å²) in [6.07, 6.45) is -1.34. The van der Waals surface area contributed by atoms with Gasteiger partial charge in [0.1, 0.15) is 11.5 Å². The van der Waals surface area contributed by atoms with Crippen LogP contribution in [0.1, 0.15) is 17.7 Å². The molecule has 4 aromatic carbocycles. The van der Waals surface area contributed by atoms with Crippen LogP contribution in [-0.4, -0.2) is 81.6 Å². The fraction of sp³-hybridized carbons (Fsp3) is 0.225. The maximum Gasteiger partial charge on any atom is 0.414 e. The number of amides is 4. The van der Waals surface area contributed by atoms with Gasteiger partial charge < -0.3 is 34.1 Å². The van der Waals surface area contributed by atoms with Crippen LogP contribution >= 0.6 is 0 Å². The minimum Gasteiger partial charge on any atom is -0.508 e. The van der Waals surface area contributed by atoms with Crippen LogP contribution in [-0.2, 0) is 32.0 Å². The van der Waals surface area contributed by atoms with E-state index in [9.17, 15) is 29.4 Å². The van der Waals surface area contributed by atoms with Crippen molar-refractivity contribution in [1.29, 1.82) is 0 Å². The van der Waals surface area contributed by atoms with Gasteiger partial charge in [-0.25, -0.2) is 14.6 Å². The Balaban J connectivity index is 1.02. The number of anilines is 2. The number of piperazine rings is 1. The monoisotopic (exact) mass is 728 g/mol. The Bertz CT molecular complexity index is 2240. The van der Waals surface area contributed by atoms with Gasteiger partial charge in [0.15, 0.2) is 12.2 Å². The number of hydrogen-bond acceptors (Lipinski definition) is 11. The molecule has 0 bridgehead atoms. The molecule has 8 rings (SSSR count). The van der Waals surface area contributed by atoms with Crippen molar-refractivity contribution >= 4 is 35.4 Å². The lowest BCUT2D eigenvalue weighted by atomic mass is 10.00. The van der Waals surface area contributed by atoms with Crippen molar-refractivity contribution in [3.63, 3.8) is 0 Å². The minimum absolute atomic E-state index is 0.0863. The molecule has 3 atom stereocenters. The molecule has 274 valence electrons. The Hall–Kier alpha value is -6.83. The van der Waals surface area contributed by atoms with Gasteiger partial charge in [0.2, 0.25) is 0 Å². The van der Waals surface area contributed by atoms with Crippen LogP contribution in [0.15, 0.2) is 103 Å². The molecule has 0 saturated carbocycles. The van der Waals surface area contributed by atoms with Gasteiger partial charge >= 0.3 is 12.2 Å². The number of imidazole rings is 1. The van der Waals surface area contributed by atoms with E-state index in [-0.39, 0.29) is 30.4 Å². The van der Waals surface area contributed by atoms with Gasteiger partial charge in [-0.1, -0.05) is 48.5 Å². The lowest BCUT2D eigenvalue weighted by Gasteiger charge is -2.44. The molecule has 0 spiro atoms. The first-order valence-corrected chi connectivity index (χ1v) is 17.5. The van der Waals surface area contributed by atoms with Crippen molar-refractivity contribution in [2.75, 3.05) is 29.4 Å². The smallest absolute Gasteiger partial charge is 0.414 e. The van der Waals surface area contributed by atoms with Crippen LogP contribution < -0.4 is 20.4 Å². The number of alkyl carbamates (subject to hydrolysis) is 2. The maximum atomic E-state index is 12.4. The largest absolute Gasteiger partial charge is 0.508 e. The molecule has 3 fully saturated rings. The lowest BCUT2D eigenvalue weighted by molar-refractivity contribution is -0.124. The Kier molecular flexibility index (Phi) is 9.07. The zero-order chi connectivity index (χ0) is 37.3. The highest BCUT2D eigenvalue weighted by Crippen LogP contribution is 2.33. The predicted octanol–water partition coefficient (Wildman–Crippen LogP) is 4.57. The molecule has 54 heavy (non-hydrogen) atoms. The average molecular weight is 729 g/mol. The van der Waals surface area contributed by atoms with Crippen molar-refractivity contribution in [1.82, 2.24) is 20.2 Å². The van der Waals surface area contributed by atoms with Crippen LogP contribution in [0.25, 0.3) is 22.4 Å². The third-order valence-electron chi connectivity index (χ3n) is 9.93. The number of hydrogen-bond donors (Lipinski definition) is 4. The number of carbonyl (C=O) groups is 4. The highest BCUT2D eigenvalue weighted by molar-refractivity contribution is 6.00. The number of benzene rings is 4. The van der Waals surface area contributed by atoms with E-state index >= 15 is 0 Å². The van der Waals surface area contributed by atoms with E-state index in [1.165, 1.54) is 0 Å². The van der Waals surface area contributed by atoms with Crippen LogP contribution in [0, 0.1) is 0 Å². The molecule has 14 nitrogen and oxygen atoms in total.